The first-order valence-electron chi connectivity index (χ1n) is 8.63. The average molecular weight is 347 g/mol. The molecule has 7 nitrogen and oxygen atoms in total. The molecule has 0 unspecified atom stereocenters. The van der Waals surface area contributed by atoms with Crippen LogP contribution in [0.4, 0.5) is 4.79 Å². The fraction of sp³-hybridized carbons (Fsp3) is 0.611. The lowest BCUT2D eigenvalue weighted by Gasteiger charge is -2.46. The molecule has 2 heterocycles. The highest BCUT2D eigenvalue weighted by Crippen LogP contribution is 2.35. The number of amides is 1. The van der Waals surface area contributed by atoms with E-state index >= 15 is 0 Å². The number of ether oxygens (including phenoxy) is 2. The Hall–Kier alpha value is -2.15. The maximum atomic E-state index is 11.5. The van der Waals surface area contributed by atoms with Crippen LogP contribution in [-0.4, -0.2) is 57.0 Å². The van der Waals surface area contributed by atoms with Crippen LogP contribution < -0.4 is 4.74 Å². The van der Waals surface area contributed by atoms with E-state index in [1.54, 1.807) is 12.4 Å². The second-order valence-electron chi connectivity index (χ2n) is 7.45. The average Bonchev–Trinajstić information content (AvgIpc) is 2.52. The van der Waals surface area contributed by atoms with Gasteiger partial charge in [-0.2, -0.15) is 0 Å². The Morgan fingerprint density at radius 1 is 1.32 bits per heavy atom. The van der Waals surface area contributed by atoms with E-state index in [-0.39, 0.29) is 12.1 Å². The minimum absolute atomic E-state index is 0.0232. The van der Waals surface area contributed by atoms with Crippen LogP contribution in [0.25, 0.3) is 5.57 Å². The van der Waals surface area contributed by atoms with Gasteiger partial charge in [0.15, 0.2) is 0 Å². The lowest BCUT2D eigenvalue weighted by molar-refractivity contribution is -0.0151. The number of aromatic nitrogens is 2. The molecule has 1 aromatic heterocycles. The van der Waals surface area contributed by atoms with Crippen molar-refractivity contribution in [3.63, 3.8) is 0 Å². The maximum absolute atomic E-state index is 11.5. The minimum Gasteiger partial charge on any atom is -0.473 e. The van der Waals surface area contributed by atoms with E-state index in [1.807, 2.05) is 26.8 Å². The molecule has 3 rings (SSSR count). The summed E-state index contributed by atoms with van der Waals surface area (Å²) in [6, 6.07) is -0.0232. The van der Waals surface area contributed by atoms with Crippen molar-refractivity contribution >= 4 is 11.7 Å². The molecular weight excluding hydrogens is 322 g/mol. The van der Waals surface area contributed by atoms with Crippen LogP contribution in [0.2, 0.25) is 0 Å². The smallest absolute Gasteiger partial charge is 0.407 e. The summed E-state index contributed by atoms with van der Waals surface area (Å²) in [6.07, 6.45) is 6.49. The van der Waals surface area contributed by atoms with E-state index in [0.717, 1.165) is 17.7 Å². The minimum atomic E-state index is -0.886. The molecule has 0 spiro atoms. The monoisotopic (exact) mass is 347 g/mol. The van der Waals surface area contributed by atoms with Crippen LogP contribution in [0.5, 0.6) is 5.88 Å². The van der Waals surface area contributed by atoms with Gasteiger partial charge in [0.05, 0.1) is 13.2 Å². The van der Waals surface area contributed by atoms with Gasteiger partial charge in [-0.15, -0.1) is 0 Å². The maximum Gasteiger partial charge on any atom is 0.407 e. The molecule has 25 heavy (non-hydrogen) atoms. The van der Waals surface area contributed by atoms with Crippen LogP contribution in [0.15, 0.2) is 18.5 Å². The van der Waals surface area contributed by atoms with Gasteiger partial charge in [-0.1, -0.05) is 6.08 Å². The Morgan fingerprint density at radius 3 is 2.64 bits per heavy atom. The molecule has 0 aromatic carbocycles. The molecule has 1 N–H and O–H groups in total. The van der Waals surface area contributed by atoms with E-state index < -0.39 is 11.6 Å². The van der Waals surface area contributed by atoms with Crippen molar-refractivity contribution in [1.29, 1.82) is 0 Å². The number of hydrogen-bond acceptors (Lipinski definition) is 5. The fourth-order valence-electron chi connectivity index (χ4n) is 3.37. The molecule has 0 saturated heterocycles. The highest BCUT2D eigenvalue weighted by atomic mass is 16.5. The first-order valence-corrected chi connectivity index (χ1v) is 8.63. The van der Waals surface area contributed by atoms with Crippen molar-refractivity contribution in [2.75, 3.05) is 13.2 Å². The Bertz CT molecular complexity index is 663. The molecule has 7 heteroatoms. The lowest BCUT2D eigenvalue weighted by Crippen LogP contribution is -2.58. The molecule has 0 radical (unpaired) electrons. The predicted octanol–water partition coefficient (Wildman–Crippen LogP) is 2.97. The van der Waals surface area contributed by atoms with E-state index in [1.165, 1.54) is 4.90 Å². The molecule has 1 fully saturated rings. The molecule has 0 atom stereocenters. The van der Waals surface area contributed by atoms with Gasteiger partial charge < -0.3 is 19.5 Å². The van der Waals surface area contributed by atoms with Crippen molar-refractivity contribution in [2.24, 2.45) is 0 Å². The third-order valence-electron chi connectivity index (χ3n) is 4.57. The van der Waals surface area contributed by atoms with Crippen molar-refractivity contribution in [3.8, 4) is 5.88 Å². The predicted molar refractivity (Wildman–Crippen MR) is 92.5 cm³/mol. The number of carbonyl (C=O) groups is 1. The summed E-state index contributed by atoms with van der Waals surface area (Å²) in [6.45, 7) is 6.98. The molecule has 136 valence electrons. The Balaban J connectivity index is 1.66. The molecule has 1 aliphatic heterocycles. The van der Waals surface area contributed by atoms with Crippen molar-refractivity contribution in [1.82, 2.24) is 14.9 Å². The third kappa shape index (κ3) is 3.92. The summed E-state index contributed by atoms with van der Waals surface area (Å²) < 4.78 is 11.4. The lowest BCUT2D eigenvalue weighted by atomic mass is 9.85. The Morgan fingerprint density at radius 2 is 2.04 bits per heavy atom. The second kappa shape index (κ2) is 7.00. The molecule has 1 amide bonds. The summed E-state index contributed by atoms with van der Waals surface area (Å²) in [5.74, 6) is 0.525. The zero-order valence-corrected chi connectivity index (χ0v) is 14.9. The Kier molecular flexibility index (Phi) is 4.94. The van der Waals surface area contributed by atoms with Gasteiger partial charge in [-0.05, 0) is 32.8 Å². The summed E-state index contributed by atoms with van der Waals surface area (Å²) in [4.78, 5) is 21.8. The van der Waals surface area contributed by atoms with Gasteiger partial charge >= 0.3 is 6.09 Å². The SMILES string of the molecule is CC(C)(C)N(C(=O)O)C1CC(Oc2nccnc2C2=CCOCC2)C1. The van der Waals surface area contributed by atoms with E-state index in [4.69, 9.17) is 9.47 Å². The number of carboxylic acid groups (broad SMARTS) is 1. The zero-order valence-electron chi connectivity index (χ0n) is 14.9. The van der Waals surface area contributed by atoms with Crippen molar-refractivity contribution < 1.29 is 19.4 Å². The van der Waals surface area contributed by atoms with Gasteiger partial charge in [0.2, 0.25) is 5.88 Å². The molecular formula is C18H25N3O4. The number of nitrogens with zero attached hydrogens (tertiary/aromatic N) is 3. The van der Waals surface area contributed by atoms with Crippen LogP contribution in [0.1, 0.15) is 45.7 Å². The highest BCUT2D eigenvalue weighted by molar-refractivity contribution is 5.67. The summed E-state index contributed by atoms with van der Waals surface area (Å²) >= 11 is 0. The normalized spacial score (nSPS) is 23.4. The van der Waals surface area contributed by atoms with E-state index in [9.17, 15) is 9.90 Å². The first-order chi connectivity index (χ1) is 11.9. The highest BCUT2D eigenvalue weighted by Gasteiger charge is 2.42. The Labute approximate surface area is 147 Å². The van der Waals surface area contributed by atoms with E-state index in [2.05, 4.69) is 9.97 Å². The summed E-state index contributed by atoms with van der Waals surface area (Å²) in [5.41, 5.74) is 1.43. The van der Waals surface area contributed by atoms with Gasteiger partial charge in [0.1, 0.15) is 11.8 Å². The van der Waals surface area contributed by atoms with Gasteiger partial charge in [-0.3, -0.25) is 0 Å². The topological polar surface area (TPSA) is 84.8 Å². The van der Waals surface area contributed by atoms with Crippen LogP contribution in [0.3, 0.4) is 0 Å². The number of rotatable bonds is 4. The summed E-state index contributed by atoms with van der Waals surface area (Å²) in [7, 11) is 0. The molecule has 0 bridgehead atoms. The van der Waals surface area contributed by atoms with Crippen LogP contribution in [0, 0.1) is 0 Å². The van der Waals surface area contributed by atoms with Crippen LogP contribution >= 0.6 is 0 Å². The quantitative estimate of drug-likeness (QED) is 0.901. The molecule has 1 saturated carbocycles. The fourth-order valence-corrected chi connectivity index (χ4v) is 3.37. The standard InChI is InChI=1S/C18H25N3O4/c1-18(2,3)21(17(22)23)13-10-14(11-13)25-16-15(19-6-7-20-16)12-4-8-24-9-5-12/h4,6-7,13-14H,5,8-11H2,1-3H3,(H,22,23). The van der Waals surface area contributed by atoms with Crippen molar-refractivity contribution in [2.45, 2.75) is 57.7 Å². The largest absolute Gasteiger partial charge is 0.473 e. The molecule has 1 aromatic rings. The van der Waals surface area contributed by atoms with Crippen LogP contribution in [-0.2, 0) is 4.74 Å². The molecule has 2 aliphatic rings. The van der Waals surface area contributed by atoms with Gasteiger partial charge in [0, 0.05) is 36.8 Å². The summed E-state index contributed by atoms with van der Waals surface area (Å²) in [5, 5.41) is 9.48. The number of hydrogen-bond donors (Lipinski definition) is 1. The first kappa shape index (κ1) is 17.7. The van der Waals surface area contributed by atoms with E-state index in [0.29, 0.717) is 31.9 Å². The molecule has 1 aliphatic carbocycles. The zero-order chi connectivity index (χ0) is 18.0. The van der Waals surface area contributed by atoms with Crippen molar-refractivity contribution in [3.05, 3.63) is 24.2 Å². The van der Waals surface area contributed by atoms with Gasteiger partial charge in [0.25, 0.3) is 0 Å². The second-order valence-corrected chi connectivity index (χ2v) is 7.45. The van der Waals surface area contributed by atoms with Gasteiger partial charge in [-0.25, -0.2) is 14.8 Å². The third-order valence-corrected chi connectivity index (χ3v) is 4.57.